The summed E-state index contributed by atoms with van der Waals surface area (Å²) in [6.07, 6.45) is 2.43. The predicted molar refractivity (Wildman–Crippen MR) is 63.2 cm³/mol. The van der Waals surface area contributed by atoms with Gasteiger partial charge in [0.05, 0.1) is 18.4 Å². The fourth-order valence-corrected chi connectivity index (χ4v) is 1.55. The van der Waals surface area contributed by atoms with Crippen LogP contribution in [-0.4, -0.2) is 38.1 Å². The third kappa shape index (κ3) is 4.18. The van der Waals surface area contributed by atoms with Crippen LogP contribution in [0.3, 0.4) is 0 Å². The van der Waals surface area contributed by atoms with E-state index in [1.165, 1.54) is 6.26 Å². The topological polar surface area (TPSA) is 80.7 Å². The predicted octanol–water partition coefficient (Wildman–Crippen LogP) is 0.351. The van der Waals surface area contributed by atoms with Gasteiger partial charge in [-0.25, -0.2) is 5.84 Å². The minimum atomic E-state index is -0.334. The largest absolute Gasteiger partial charge is 0.467 e. The van der Waals surface area contributed by atoms with Crippen molar-refractivity contribution in [2.24, 2.45) is 5.84 Å². The first-order valence-corrected chi connectivity index (χ1v) is 5.43. The zero-order valence-corrected chi connectivity index (χ0v) is 10.2. The molecule has 0 spiro atoms. The smallest absolute Gasteiger partial charge is 0.268 e. The number of amides is 1. The number of nitrogens with zero attached hydrogens (tertiary/aromatic N) is 1. The Hall–Kier alpha value is -1.37. The van der Waals surface area contributed by atoms with Crippen LogP contribution in [0.4, 0.5) is 0 Å². The Balaban J connectivity index is 2.50. The van der Waals surface area contributed by atoms with Gasteiger partial charge in [0.15, 0.2) is 0 Å². The highest BCUT2D eigenvalue weighted by Crippen LogP contribution is 2.12. The van der Waals surface area contributed by atoms with Crippen molar-refractivity contribution >= 4 is 5.91 Å². The van der Waals surface area contributed by atoms with Crippen LogP contribution < -0.4 is 11.3 Å². The summed E-state index contributed by atoms with van der Waals surface area (Å²) in [6, 6.07) is 1.61. The molecular formula is C11H19N3O3. The summed E-state index contributed by atoms with van der Waals surface area (Å²) < 4.78 is 10.3. The van der Waals surface area contributed by atoms with E-state index in [1.807, 2.05) is 7.05 Å². The zero-order valence-electron chi connectivity index (χ0n) is 10.2. The molecule has 0 saturated carbocycles. The van der Waals surface area contributed by atoms with E-state index in [1.54, 1.807) is 13.2 Å². The van der Waals surface area contributed by atoms with Crippen molar-refractivity contribution in [1.29, 1.82) is 0 Å². The van der Waals surface area contributed by atoms with Gasteiger partial charge in [0.1, 0.15) is 5.76 Å². The van der Waals surface area contributed by atoms with E-state index in [9.17, 15) is 4.79 Å². The van der Waals surface area contributed by atoms with Crippen LogP contribution in [0.1, 0.15) is 22.5 Å². The normalized spacial score (nSPS) is 10.8. The van der Waals surface area contributed by atoms with Crippen molar-refractivity contribution in [3.63, 3.8) is 0 Å². The first-order valence-electron chi connectivity index (χ1n) is 5.43. The second kappa shape index (κ2) is 7.05. The average Bonchev–Trinajstić information content (AvgIpc) is 2.76. The lowest BCUT2D eigenvalue weighted by atomic mass is 10.2. The lowest BCUT2D eigenvalue weighted by Crippen LogP contribution is -2.31. The first kappa shape index (κ1) is 13.7. The minimum Gasteiger partial charge on any atom is -0.467 e. The lowest BCUT2D eigenvalue weighted by molar-refractivity contribution is 0.0950. The molecule has 1 rings (SSSR count). The molecule has 96 valence electrons. The van der Waals surface area contributed by atoms with E-state index >= 15 is 0 Å². The van der Waals surface area contributed by atoms with Crippen LogP contribution in [0.25, 0.3) is 0 Å². The molecule has 6 heteroatoms. The molecule has 0 aliphatic heterocycles. The molecule has 1 amide bonds. The van der Waals surface area contributed by atoms with Gasteiger partial charge >= 0.3 is 0 Å². The molecule has 3 N–H and O–H groups in total. The molecule has 0 unspecified atom stereocenters. The molecule has 0 radical (unpaired) electrons. The Labute approximate surface area is 101 Å². The number of carbonyl (C=O) groups excluding carboxylic acids is 1. The number of carbonyl (C=O) groups is 1. The maximum atomic E-state index is 11.4. The summed E-state index contributed by atoms with van der Waals surface area (Å²) in [4.78, 5) is 13.5. The number of furan rings is 1. The van der Waals surface area contributed by atoms with Crippen LogP contribution in [-0.2, 0) is 11.3 Å². The number of nitrogen functional groups attached to an aromatic ring is 1. The number of nitrogens with two attached hydrogens (primary N) is 1. The Kier molecular flexibility index (Phi) is 5.68. The van der Waals surface area contributed by atoms with Crippen LogP contribution in [0.5, 0.6) is 0 Å². The van der Waals surface area contributed by atoms with E-state index < -0.39 is 0 Å². The van der Waals surface area contributed by atoms with Gasteiger partial charge in [-0.05, 0) is 19.5 Å². The van der Waals surface area contributed by atoms with Crippen LogP contribution in [0, 0.1) is 0 Å². The van der Waals surface area contributed by atoms with E-state index in [-0.39, 0.29) is 5.91 Å². The molecular weight excluding hydrogens is 222 g/mol. The van der Waals surface area contributed by atoms with Crippen molar-refractivity contribution in [1.82, 2.24) is 10.3 Å². The molecule has 0 saturated heterocycles. The highest BCUT2D eigenvalue weighted by Gasteiger charge is 2.14. The number of hydrogen-bond donors (Lipinski definition) is 2. The summed E-state index contributed by atoms with van der Waals surface area (Å²) >= 11 is 0. The summed E-state index contributed by atoms with van der Waals surface area (Å²) in [7, 11) is 3.64. The van der Waals surface area contributed by atoms with Crippen LogP contribution >= 0.6 is 0 Å². The van der Waals surface area contributed by atoms with Gasteiger partial charge in [0, 0.05) is 20.3 Å². The van der Waals surface area contributed by atoms with Crippen LogP contribution in [0.15, 0.2) is 16.7 Å². The second-order valence-corrected chi connectivity index (χ2v) is 3.82. The summed E-state index contributed by atoms with van der Waals surface area (Å²) in [5.41, 5.74) is 2.57. The summed E-state index contributed by atoms with van der Waals surface area (Å²) in [5, 5.41) is 0. The summed E-state index contributed by atoms with van der Waals surface area (Å²) in [5.74, 6) is 5.37. The van der Waals surface area contributed by atoms with Gasteiger partial charge in [-0.1, -0.05) is 0 Å². The Morgan fingerprint density at radius 3 is 3.06 bits per heavy atom. The van der Waals surface area contributed by atoms with Gasteiger partial charge in [-0.15, -0.1) is 0 Å². The van der Waals surface area contributed by atoms with Crippen molar-refractivity contribution in [2.45, 2.75) is 13.0 Å². The molecule has 0 aromatic carbocycles. The monoisotopic (exact) mass is 241 g/mol. The van der Waals surface area contributed by atoms with E-state index in [2.05, 4.69) is 10.3 Å². The molecule has 1 aromatic rings. The molecule has 1 aromatic heterocycles. The second-order valence-electron chi connectivity index (χ2n) is 3.82. The first-order chi connectivity index (χ1) is 8.19. The van der Waals surface area contributed by atoms with Crippen LogP contribution in [0.2, 0.25) is 0 Å². The van der Waals surface area contributed by atoms with Gasteiger partial charge in [0.2, 0.25) is 0 Å². The Bertz CT molecular complexity index is 351. The molecule has 6 nitrogen and oxygen atoms in total. The maximum absolute atomic E-state index is 11.4. The lowest BCUT2D eigenvalue weighted by Gasteiger charge is -2.15. The zero-order chi connectivity index (χ0) is 12.7. The SMILES string of the molecule is COCCCN(C)Cc1occc1C(=O)NN. The summed E-state index contributed by atoms with van der Waals surface area (Å²) in [6.45, 7) is 2.16. The minimum absolute atomic E-state index is 0.334. The molecule has 0 fully saturated rings. The third-order valence-corrected chi connectivity index (χ3v) is 2.42. The molecule has 0 aliphatic carbocycles. The van der Waals surface area contributed by atoms with Gasteiger partial charge in [0.25, 0.3) is 5.91 Å². The highest BCUT2D eigenvalue weighted by molar-refractivity contribution is 5.94. The molecule has 0 atom stereocenters. The molecule has 17 heavy (non-hydrogen) atoms. The van der Waals surface area contributed by atoms with Gasteiger partial charge < -0.3 is 9.15 Å². The quantitative estimate of drug-likeness (QED) is 0.311. The number of nitrogens with one attached hydrogen (secondary N) is 1. The number of ether oxygens (including phenoxy) is 1. The highest BCUT2D eigenvalue weighted by atomic mass is 16.5. The van der Waals surface area contributed by atoms with Crippen molar-refractivity contribution in [3.05, 3.63) is 23.7 Å². The van der Waals surface area contributed by atoms with Crippen molar-refractivity contribution in [3.8, 4) is 0 Å². The van der Waals surface area contributed by atoms with Crippen molar-refractivity contribution in [2.75, 3.05) is 27.3 Å². The molecule has 0 aliphatic rings. The molecule has 1 heterocycles. The standard InChI is InChI=1S/C11H19N3O3/c1-14(5-3-6-16-2)8-10-9(4-7-17-10)11(15)13-12/h4,7H,3,5-6,8,12H2,1-2H3,(H,13,15). The maximum Gasteiger partial charge on any atom is 0.268 e. The van der Waals surface area contributed by atoms with E-state index in [0.29, 0.717) is 17.9 Å². The number of hydrogen-bond acceptors (Lipinski definition) is 5. The fraction of sp³-hybridized carbons (Fsp3) is 0.545. The van der Waals surface area contributed by atoms with Crippen molar-refractivity contribution < 1.29 is 13.9 Å². The Morgan fingerprint density at radius 1 is 1.65 bits per heavy atom. The van der Waals surface area contributed by atoms with E-state index in [0.717, 1.165) is 19.6 Å². The average molecular weight is 241 g/mol. The van der Waals surface area contributed by atoms with Gasteiger partial charge in [-0.3, -0.25) is 15.1 Å². The third-order valence-electron chi connectivity index (χ3n) is 2.42. The molecule has 0 bridgehead atoms. The fourth-order valence-electron chi connectivity index (χ4n) is 1.55. The van der Waals surface area contributed by atoms with E-state index in [4.69, 9.17) is 15.0 Å². The van der Waals surface area contributed by atoms with Gasteiger partial charge in [-0.2, -0.15) is 0 Å². The number of rotatable bonds is 7. The number of hydrazine groups is 1. The number of methoxy groups -OCH3 is 1. The Morgan fingerprint density at radius 2 is 2.41 bits per heavy atom.